The lowest BCUT2D eigenvalue weighted by atomic mass is 9.80. The molecule has 1 amide bonds. The summed E-state index contributed by atoms with van der Waals surface area (Å²) in [6, 6.07) is 1.87. The maximum atomic E-state index is 12.7. The van der Waals surface area contributed by atoms with E-state index in [0.29, 0.717) is 11.5 Å². The molecule has 1 N–H and O–H groups in total. The van der Waals surface area contributed by atoms with Crippen LogP contribution in [0.15, 0.2) is 18.5 Å². The van der Waals surface area contributed by atoms with Gasteiger partial charge in [0.25, 0.3) is 5.91 Å². The maximum Gasteiger partial charge on any atom is 0.257 e. The zero-order chi connectivity index (χ0) is 14.8. The Morgan fingerprint density at radius 1 is 1.50 bits per heavy atom. The average Bonchev–Trinajstić information content (AvgIpc) is 2.88. The molecule has 1 aliphatic heterocycles. The van der Waals surface area contributed by atoms with Gasteiger partial charge in [0, 0.05) is 32.0 Å². The van der Waals surface area contributed by atoms with Crippen molar-refractivity contribution in [1.82, 2.24) is 9.88 Å². The fraction of sp³-hybridized carbons (Fsp3) is 0.625. The number of anilines is 1. The van der Waals surface area contributed by atoms with Crippen molar-refractivity contribution in [2.45, 2.75) is 34.1 Å². The fourth-order valence-electron chi connectivity index (χ4n) is 2.73. The quantitative estimate of drug-likeness (QED) is 0.922. The number of aromatic nitrogens is 1. The maximum absolute atomic E-state index is 12.7. The number of amides is 1. The standard InChI is InChI=1S/C16H25N3O/c1-5-18-14-6-8-17-10-13(14)15(20)19-9-7-12(11-19)16(2,3)4/h6,8,10,12H,5,7,9,11H2,1-4H3,(H,17,18). The summed E-state index contributed by atoms with van der Waals surface area (Å²) in [5.41, 5.74) is 1.82. The Morgan fingerprint density at radius 2 is 2.25 bits per heavy atom. The molecule has 1 unspecified atom stereocenters. The molecule has 0 aromatic carbocycles. The molecule has 0 spiro atoms. The minimum absolute atomic E-state index is 0.0980. The van der Waals surface area contributed by atoms with E-state index in [1.165, 1.54) is 0 Å². The van der Waals surface area contributed by atoms with Crippen molar-refractivity contribution in [1.29, 1.82) is 0 Å². The van der Waals surface area contributed by atoms with Crippen molar-refractivity contribution in [3.8, 4) is 0 Å². The Labute approximate surface area is 121 Å². The number of rotatable bonds is 3. The molecule has 4 heteroatoms. The van der Waals surface area contributed by atoms with E-state index in [9.17, 15) is 4.79 Å². The van der Waals surface area contributed by atoms with Crippen LogP contribution in [0.2, 0.25) is 0 Å². The summed E-state index contributed by atoms with van der Waals surface area (Å²) in [5, 5.41) is 3.23. The molecular weight excluding hydrogens is 250 g/mol. The number of pyridine rings is 1. The van der Waals surface area contributed by atoms with Gasteiger partial charge in [-0.05, 0) is 30.7 Å². The first-order valence-corrected chi connectivity index (χ1v) is 7.40. The minimum atomic E-state index is 0.0980. The number of hydrogen-bond acceptors (Lipinski definition) is 3. The SMILES string of the molecule is CCNc1ccncc1C(=O)N1CCC(C(C)(C)C)C1. The van der Waals surface area contributed by atoms with Gasteiger partial charge in [-0.3, -0.25) is 9.78 Å². The van der Waals surface area contributed by atoms with Crippen LogP contribution in [0.4, 0.5) is 5.69 Å². The smallest absolute Gasteiger partial charge is 0.257 e. The number of hydrogen-bond donors (Lipinski definition) is 1. The normalized spacial score (nSPS) is 19.2. The van der Waals surface area contributed by atoms with E-state index >= 15 is 0 Å². The molecule has 20 heavy (non-hydrogen) atoms. The second kappa shape index (κ2) is 5.81. The minimum Gasteiger partial charge on any atom is -0.385 e. The second-order valence-electron chi connectivity index (χ2n) is 6.55. The summed E-state index contributed by atoms with van der Waals surface area (Å²) in [7, 11) is 0. The third-order valence-electron chi connectivity index (χ3n) is 4.12. The predicted molar refractivity (Wildman–Crippen MR) is 81.9 cm³/mol. The van der Waals surface area contributed by atoms with Crippen LogP contribution < -0.4 is 5.32 Å². The molecule has 2 rings (SSSR count). The fourth-order valence-corrected chi connectivity index (χ4v) is 2.73. The predicted octanol–water partition coefficient (Wildman–Crippen LogP) is 3.02. The van der Waals surface area contributed by atoms with E-state index in [1.807, 2.05) is 17.9 Å². The molecule has 1 fully saturated rings. The van der Waals surface area contributed by atoms with Crippen LogP contribution in [0, 0.1) is 11.3 Å². The van der Waals surface area contributed by atoms with Gasteiger partial charge in [-0.1, -0.05) is 20.8 Å². The lowest BCUT2D eigenvalue weighted by Gasteiger charge is -2.27. The molecule has 0 aliphatic carbocycles. The van der Waals surface area contributed by atoms with Gasteiger partial charge < -0.3 is 10.2 Å². The van der Waals surface area contributed by atoms with Crippen LogP contribution in [-0.4, -0.2) is 35.4 Å². The zero-order valence-corrected chi connectivity index (χ0v) is 12.9. The molecule has 1 aromatic rings. The van der Waals surface area contributed by atoms with E-state index in [4.69, 9.17) is 0 Å². The van der Waals surface area contributed by atoms with Crippen LogP contribution in [0.25, 0.3) is 0 Å². The van der Waals surface area contributed by atoms with Crippen LogP contribution in [0.1, 0.15) is 44.5 Å². The van der Waals surface area contributed by atoms with Crippen molar-refractivity contribution in [3.05, 3.63) is 24.0 Å². The van der Waals surface area contributed by atoms with Crippen molar-refractivity contribution < 1.29 is 4.79 Å². The van der Waals surface area contributed by atoms with E-state index < -0.39 is 0 Å². The number of carbonyl (C=O) groups is 1. The van der Waals surface area contributed by atoms with Gasteiger partial charge in [-0.15, -0.1) is 0 Å². The van der Waals surface area contributed by atoms with Crippen LogP contribution in [0.5, 0.6) is 0 Å². The summed E-state index contributed by atoms with van der Waals surface area (Å²) < 4.78 is 0. The Kier molecular flexibility index (Phi) is 4.31. The third kappa shape index (κ3) is 3.11. The Balaban J connectivity index is 2.13. The number of carbonyl (C=O) groups excluding carboxylic acids is 1. The van der Waals surface area contributed by atoms with Gasteiger partial charge in [0.1, 0.15) is 0 Å². The summed E-state index contributed by atoms with van der Waals surface area (Å²) in [5.74, 6) is 0.673. The van der Waals surface area contributed by atoms with Crippen molar-refractivity contribution in [3.63, 3.8) is 0 Å². The largest absolute Gasteiger partial charge is 0.385 e. The van der Waals surface area contributed by atoms with Gasteiger partial charge >= 0.3 is 0 Å². The monoisotopic (exact) mass is 275 g/mol. The highest BCUT2D eigenvalue weighted by Crippen LogP contribution is 2.34. The summed E-state index contributed by atoms with van der Waals surface area (Å²) in [6.45, 7) is 11.3. The summed E-state index contributed by atoms with van der Waals surface area (Å²) in [4.78, 5) is 18.7. The molecule has 1 aliphatic rings. The summed E-state index contributed by atoms with van der Waals surface area (Å²) >= 11 is 0. The molecule has 4 nitrogen and oxygen atoms in total. The highest BCUT2D eigenvalue weighted by Gasteiger charge is 2.34. The van der Waals surface area contributed by atoms with E-state index in [0.717, 1.165) is 31.7 Å². The second-order valence-corrected chi connectivity index (χ2v) is 6.55. The molecular formula is C16H25N3O. The third-order valence-corrected chi connectivity index (χ3v) is 4.12. The molecule has 0 saturated carbocycles. The molecule has 0 bridgehead atoms. The Bertz CT molecular complexity index is 479. The Morgan fingerprint density at radius 3 is 2.85 bits per heavy atom. The van der Waals surface area contributed by atoms with Crippen molar-refractivity contribution >= 4 is 11.6 Å². The van der Waals surface area contributed by atoms with E-state index in [-0.39, 0.29) is 11.3 Å². The van der Waals surface area contributed by atoms with Crippen LogP contribution in [0.3, 0.4) is 0 Å². The molecule has 1 saturated heterocycles. The van der Waals surface area contributed by atoms with E-state index in [2.05, 4.69) is 31.1 Å². The number of nitrogens with zero attached hydrogens (tertiary/aromatic N) is 2. The van der Waals surface area contributed by atoms with Crippen molar-refractivity contribution in [2.75, 3.05) is 25.0 Å². The highest BCUT2D eigenvalue weighted by molar-refractivity contribution is 5.99. The zero-order valence-electron chi connectivity index (χ0n) is 12.9. The first-order chi connectivity index (χ1) is 9.43. The van der Waals surface area contributed by atoms with Crippen LogP contribution in [-0.2, 0) is 0 Å². The van der Waals surface area contributed by atoms with Gasteiger partial charge in [-0.2, -0.15) is 0 Å². The Hall–Kier alpha value is -1.58. The molecule has 1 atom stereocenters. The van der Waals surface area contributed by atoms with Crippen molar-refractivity contribution in [2.24, 2.45) is 11.3 Å². The van der Waals surface area contributed by atoms with Crippen LogP contribution >= 0.6 is 0 Å². The molecule has 1 aromatic heterocycles. The van der Waals surface area contributed by atoms with Gasteiger partial charge in [0.2, 0.25) is 0 Å². The van der Waals surface area contributed by atoms with Gasteiger partial charge in [0.05, 0.1) is 11.3 Å². The topological polar surface area (TPSA) is 45.2 Å². The first kappa shape index (κ1) is 14.8. The lowest BCUT2D eigenvalue weighted by Crippen LogP contribution is -2.31. The van der Waals surface area contributed by atoms with Gasteiger partial charge in [0.15, 0.2) is 0 Å². The molecule has 110 valence electrons. The summed E-state index contributed by atoms with van der Waals surface area (Å²) in [6.07, 6.45) is 4.48. The average molecular weight is 275 g/mol. The molecule has 2 heterocycles. The first-order valence-electron chi connectivity index (χ1n) is 7.40. The van der Waals surface area contributed by atoms with Gasteiger partial charge in [-0.25, -0.2) is 0 Å². The lowest BCUT2D eigenvalue weighted by molar-refractivity contribution is 0.0777. The molecule has 0 radical (unpaired) electrons. The number of likely N-dealkylation sites (tertiary alicyclic amines) is 1. The highest BCUT2D eigenvalue weighted by atomic mass is 16.2. The van der Waals surface area contributed by atoms with E-state index in [1.54, 1.807) is 12.4 Å². The number of nitrogens with one attached hydrogen (secondary N) is 1.